The number of carbonyl (C=O) groups excluding carboxylic acids is 1. The fourth-order valence-corrected chi connectivity index (χ4v) is 4.16. The van der Waals surface area contributed by atoms with Crippen molar-refractivity contribution in [1.82, 2.24) is 29.5 Å². The van der Waals surface area contributed by atoms with E-state index in [1.165, 1.54) is 11.9 Å². The van der Waals surface area contributed by atoms with Crippen molar-refractivity contribution in [3.63, 3.8) is 0 Å². The molecular formula is C26H21N7O2. The number of furan rings is 1. The van der Waals surface area contributed by atoms with Crippen molar-refractivity contribution in [3.05, 3.63) is 89.7 Å². The molecule has 4 heterocycles. The monoisotopic (exact) mass is 463 g/mol. The van der Waals surface area contributed by atoms with Gasteiger partial charge in [0.25, 0.3) is 5.91 Å². The molecule has 1 N–H and O–H groups in total. The van der Waals surface area contributed by atoms with Gasteiger partial charge in [-0.3, -0.25) is 4.79 Å². The van der Waals surface area contributed by atoms with Crippen molar-refractivity contribution in [2.24, 2.45) is 0 Å². The van der Waals surface area contributed by atoms with Crippen LogP contribution >= 0.6 is 0 Å². The number of para-hydroxylation sites is 1. The number of aryl methyl sites for hydroxylation is 2. The number of fused-ring (bicyclic) bond motifs is 2. The first-order valence-electron chi connectivity index (χ1n) is 11.1. The van der Waals surface area contributed by atoms with E-state index in [1.54, 1.807) is 27.7 Å². The molecule has 0 spiro atoms. The van der Waals surface area contributed by atoms with Crippen LogP contribution in [0.2, 0.25) is 0 Å². The highest BCUT2D eigenvalue weighted by Gasteiger charge is 2.20. The van der Waals surface area contributed by atoms with E-state index in [9.17, 15) is 4.79 Å². The van der Waals surface area contributed by atoms with Gasteiger partial charge < -0.3 is 9.73 Å². The van der Waals surface area contributed by atoms with Crippen LogP contribution in [0.5, 0.6) is 0 Å². The first kappa shape index (κ1) is 20.8. The second-order valence-corrected chi connectivity index (χ2v) is 8.40. The van der Waals surface area contributed by atoms with Gasteiger partial charge in [0.2, 0.25) is 0 Å². The molecule has 0 unspecified atom stereocenters. The molecule has 9 nitrogen and oxygen atoms in total. The molecule has 35 heavy (non-hydrogen) atoms. The average molecular weight is 464 g/mol. The summed E-state index contributed by atoms with van der Waals surface area (Å²) in [6, 6.07) is 17.1. The number of carbonyl (C=O) groups is 1. The second-order valence-electron chi connectivity index (χ2n) is 8.40. The highest BCUT2D eigenvalue weighted by molar-refractivity contribution is 6.04. The minimum atomic E-state index is -0.376. The number of hydrogen-bond donors (Lipinski definition) is 1. The molecule has 0 fully saturated rings. The Morgan fingerprint density at radius 3 is 2.69 bits per heavy atom. The quantitative estimate of drug-likeness (QED) is 0.398. The fraction of sp³-hybridized carbons (Fsp3) is 0.115. The van der Waals surface area contributed by atoms with Crippen LogP contribution in [0.1, 0.15) is 27.4 Å². The third-order valence-electron chi connectivity index (χ3n) is 6.07. The first-order valence-corrected chi connectivity index (χ1v) is 11.1. The van der Waals surface area contributed by atoms with Crippen LogP contribution < -0.4 is 5.32 Å². The van der Waals surface area contributed by atoms with Crippen LogP contribution in [-0.4, -0.2) is 35.4 Å². The van der Waals surface area contributed by atoms with Crippen LogP contribution in [0, 0.1) is 20.8 Å². The Bertz CT molecular complexity index is 1710. The van der Waals surface area contributed by atoms with Gasteiger partial charge in [-0.15, -0.1) is 0 Å². The Labute approximate surface area is 200 Å². The van der Waals surface area contributed by atoms with Crippen molar-refractivity contribution in [2.45, 2.75) is 20.8 Å². The molecule has 0 atom stereocenters. The van der Waals surface area contributed by atoms with E-state index in [-0.39, 0.29) is 11.7 Å². The van der Waals surface area contributed by atoms with Crippen molar-refractivity contribution in [1.29, 1.82) is 0 Å². The smallest absolute Gasteiger partial charge is 0.292 e. The number of benzene rings is 2. The maximum Gasteiger partial charge on any atom is 0.292 e. The molecule has 9 heteroatoms. The molecule has 0 aliphatic rings. The van der Waals surface area contributed by atoms with Crippen LogP contribution in [0.3, 0.4) is 0 Å². The number of hydrogen-bond acceptors (Lipinski definition) is 6. The van der Waals surface area contributed by atoms with Crippen LogP contribution in [0.15, 0.2) is 71.5 Å². The van der Waals surface area contributed by atoms with Gasteiger partial charge in [-0.2, -0.15) is 14.9 Å². The zero-order valence-corrected chi connectivity index (χ0v) is 19.4. The summed E-state index contributed by atoms with van der Waals surface area (Å²) in [5, 5.41) is 13.6. The van der Waals surface area contributed by atoms with E-state index >= 15 is 0 Å². The molecule has 0 aliphatic heterocycles. The second kappa shape index (κ2) is 7.91. The number of anilines is 1. The maximum absolute atomic E-state index is 13.0. The molecule has 0 bridgehead atoms. The molecular weight excluding hydrogens is 442 g/mol. The zero-order valence-electron chi connectivity index (χ0n) is 19.4. The number of nitrogens with zero attached hydrogens (tertiary/aromatic N) is 6. The minimum Gasteiger partial charge on any atom is -0.451 e. The van der Waals surface area contributed by atoms with Gasteiger partial charge in [-0.1, -0.05) is 30.3 Å². The summed E-state index contributed by atoms with van der Waals surface area (Å²) in [7, 11) is 0. The maximum atomic E-state index is 13.0. The molecule has 4 aromatic heterocycles. The van der Waals surface area contributed by atoms with Crippen LogP contribution in [0.25, 0.3) is 33.5 Å². The van der Waals surface area contributed by atoms with Gasteiger partial charge in [0.1, 0.15) is 17.7 Å². The number of aromatic nitrogens is 6. The summed E-state index contributed by atoms with van der Waals surface area (Å²) in [5.41, 5.74) is 5.24. The van der Waals surface area contributed by atoms with Gasteiger partial charge in [-0.25, -0.2) is 14.6 Å². The zero-order chi connectivity index (χ0) is 24.1. The van der Waals surface area contributed by atoms with Gasteiger partial charge >= 0.3 is 0 Å². The standard InChI is InChI=1S/C26H21N7O2/c1-15-7-6-9-20(17(15)3)32-24-19(13-29-32)25(28-14-27-24)33-23(11-16(2)31-33)30-26(34)22-12-18-8-4-5-10-21(18)35-22/h4-14H,1-3H3,(H,30,34). The molecule has 0 saturated carbocycles. The number of rotatable bonds is 4. The van der Waals surface area contributed by atoms with Gasteiger partial charge in [0.05, 0.1) is 23.0 Å². The summed E-state index contributed by atoms with van der Waals surface area (Å²) in [6.07, 6.45) is 3.19. The molecule has 1 amide bonds. The third kappa shape index (κ3) is 3.45. The van der Waals surface area contributed by atoms with Gasteiger partial charge in [0, 0.05) is 11.5 Å². The molecule has 6 rings (SSSR count). The van der Waals surface area contributed by atoms with Crippen molar-refractivity contribution >= 4 is 33.7 Å². The highest BCUT2D eigenvalue weighted by Crippen LogP contribution is 2.27. The largest absolute Gasteiger partial charge is 0.451 e. The fourth-order valence-electron chi connectivity index (χ4n) is 4.16. The van der Waals surface area contributed by atoms with E-state index in [2.05, 4.69) is 45.4 Å². The Morgan fingerprint density at radius 1 is 0.971 bits per heavy atom. The molecule has 0 aliphatic carbocycles. The normalized spacial score (nSPS) is 11.4. The van der Waals surface area contributed by atoms with Gasteiger partial charge in [-0.05, 0) is 50.1 Å². The van der Waals surface area contributed by atoms with Crippen molar-refractivity contribution in [3.8, 4) is 11.5 Å². The molecule has 0 radical (unpaired) electrons. The van der Waals surface area contributed by atoms with E-state index in [0.717, 1.165) is 22.3 Å². The third-order valence-corrected chi connectivity index (χ3v) is 6.07. The summed E-state index contributed by atoms with van der Waals surface area (Å²) >= 11 is 0. The number of amides is 1. The van der Waals surface area contributed by atoms with E-state index in [4.69, 9.17) is 4.42 Å². The van der Waals surface area contributed by atoms with Crippen molar-refractivity contribution in [2.75, 3.05) is 5.32 Å². The first-order chi connectivity index (χ1) is 17.0. The summed E-state index contributed by atoms with van der Waals surface area (Å²) in [5.74, 6) is 0.818. The lowest BCUT2D eigenvalue weighted by Crippen LogP contribution is -2.15. The van der Waals surface area contributed by atoms with E-state index < -0.39 is 0 Å². The van der Waals surface area contributed by atoms with Crippen LogP contribution in [0.4, 0.5) is 5.82 Å². The molecule has 172 valence electrons. The SMILES string of the molecule is Cc1cc(NC(=O)c2cc3ccccc3o2)n(-c2ncnc3c2cnn3-c2cccc(C)c2C)n1. The molecule has 6 aromatic rings. The lowest BCUT2D eigenvalue weighted by Gasteiger charge is -2.10. The Balaban J connectivity index is 1.41. The Kier molecular flexibility index (Phi) is 4.70. The summed E-state index contributed by atoms with van der Waals surface area (Å²) < 4.78 is 9.11. The lowest BCUT2D eigenvalue weighted by molar-refractivity contribution is 0.0998. The van der Waals surface area contributed by atoms with E-state index in [1.807, 2.05) is 43.3 Å². The predicted octanol–water partition coefficient (Wildman–Crippen LogP) is 4.92. The minimum absolute atomic E-state index is 0.215. The number of nitrogens with one attached hydrogen (secondary N) is 1. The Morgan fingerprint density at radius 2 is 1.83 bits per heavy atom. The summed E-state index contributed by atoms with van der Waals surface area (Å²) in [4.78, 5) is 22.0. The van der Waals surface area contributed by atoms with Crippen LogP contribution in [-0.2, 0) is 0 Å². The molecule has 2 aromatic carbocycles. The highest BCUT2D eigenvalue weighted by atomic mass is 16.3. The topological polar surface area (TPSA) is 104 Å². The Hall–Kier alpha value is -4.79. The average Bonchev–Trinajstić information content (AvgIpc) is 3.57. The van der Waals surface area contributed by atoms with Crippen molar-refractivity contribution < 1.29 is 9.21 Å². The van der Waals surface area contributed by atoms with Gasteiger partial charge in [0.15, 0.2) is 17.2 Å². The lowest BCUT2D eigenvalue weighted by atomic mass is 10.1. The molecule has 0 saturated heterocycles. The predicted molar refractivity (Wildman–Crippen MR) is 132 cm³/mol. The van der Waals surface area contributed by atoms with E-state index in [0.29, 0.717) is 28.3 Å². The summed E-state index contributed by atoms with van der Waals surface area (Å²) in [6.45, 7) is 5.97.